The molecule has 0 heterocycles. The van der Waals surface area contributed by atoms with E-state index in [1.54, 1.807) is 66.7 Å². The SMILES string of the molecule is COc1cccc(NC(=O)[C@H](Cc2cccc(S(=O)(=O)N(C)C)c2)C(=O)c2ccccc2)c1. The van der Waals surface area contributed by atoms with Crippen LogP contribution in [0.3, 0.4) is 0 Å². The number of nitrogens with zero attached hydrogens (tertiary/aromatic N) is 1. The predicted octanol–water partition coefficient (Wildman–Crippen LogP) is 3.63. The number of sulfonamides is 1. The molecule has 1 atom stereocenters. The minimum atomic E-state index is -3.65. The summed E-state index contributed by atoms with van der Waals surface area (Å²) < 4.78 is 31.4. The number of hydrogen-bond donors (Lipinski definition) is 1. The molecular weight excluding hydrogens is 440 g/mol. The van der Waals surface area contributed by atoms with Crippen LogP contribution in [-0.2, 0) is 21.2 Å². The van der Waals surface area contributed by atoms with Crippen LogP contribution in [-0.4, -0.2) is 45.6 Å². The minimum absolute atomic E-state index is 0.0420. The van der Waals surface area contributed by atoms with Crippen molar-refractivity contribution in [2.45, 2.75) is 11.3 Å². The lowest BCUT2D eigenvalue weighted by atomic mass is 9.90. The molecule has 0 saturated heterocycles. The summed E-state index contributed by atoms with van der Waals surface area (Å²) in [5, 5.41) is 2.78. The lowest BCUT2D eigenvalue weighted by Crippen LogP contribution is -2.31. The van der Waals surface area contributed by atoms with E-state index < -0.39 is 21.8 Å². The molecule has 0 unspecified atom stereocenters. The number of amides is 1. The van der Waals surface area contributed by atoms with Gasteiger partial charge in [-0.25, -0.2) is 12.7 Å². The van der Waals surface area contributed by atoms with Crippen LogP contribution in [0.4, 0.5) is 5.69 Å². The molecule has 7 nitrogen and oxygen atoms in total. The molecule has 3 aromatic carbocycles. The van der Waals surface area contributed by atoms with E-state index >= 15 is 0 Å². The summed E-state index contributed by atoms with van der Waals surface area (Å²) in [6.45, 7) is 0. The zero-order valence-electron chi connectivity index (χ0n) is 18.7. The summed E-state index contributed by atoms with van der Waals surface area (Å²) in [6, 6.07) is 21.7. The second kappa shape index (κ2) is 10.4. The fraction of sp³-hybridized carbons (Fsp3) is 0.200. The summed E-state index contributed by atoms with van der Waals surface area (Å²) >= 11 is 0. The van der Waals surface area contributed by atoms with Crippen LogP contribution in [0.2, 0.25) is 0 Å². The van der Waals surface area contributed by atoms with Gasteiger partial charge < -0.3 is 10.1 Å². The first-order valence-electron chi connectivity index (χ1n) is 10.3. The molecule has 0 fully saturated rings. The Morgan fingerprint density at radius 1 is 0.939 bits per heavy atom. The minimum Gasteiger partial charge on any atom is -0.497 e. The Morgan fingerprint density at radius 2 is 1.64 bits per heavy atom. The van der Waals surface area contributed by atoms with Gasteiger partial charge in [-0.3, -0.25) is 9.59 Å². The fourth-order valence-electron chi connectivity index (χ4n) is 3.32. The van der Waals surface area contributed by atoms with Gasteiger partial charge >= 0.3 is 0 Å². The first-order valence-corrected chi connectivity index (χ1v) is 11.7. The normalized spacial score (nSPS) is 12.2. The van der Waals surface area contributed by atoms with Gasteiger partial charge in [-0.2, -0.15) is 0 Å². The lowest BCUT2D eigenvalue weighted by molar-refractivity contribution is -0.118. The molecule has 1 N–H and O–H groups in total. The van der Waals surface area contributed by atoms with E-state index in [-0.39, 0.29) is 17.1 Å². The van der Waals surface area contributed by atoms with Gasteiger partial charge in [0.05, 0.1) is 12.0 Å². The summed E-state index contributed by atoms with van der Waals surface area (Å²) in [4.78, 5) is 26.6. The number of rotatable bonds is 9. The van der Waals surface area contributed by atoms with Gasteiger partial charge in [-0.15, -0.1) is 0 Å². The van der Waals surface area contributed by atoms with E-state index in [0.29, 0.717) is 22.6 Å². The van der Waals surface area contributed by atoms with Crippen molar-refractivity contribution in [1.82, 2.24) is 4.31 Å². The molecule has 3 aromatic rings. The van der Waals surface area contributed by atoms with Gasteiger partial charge in [0.15, 0.2) is 5.78 Å². The van der Waals surface area contributed by atoms with Crippen molar-refractivity contribution in [2.24, 2.45) is 5.92 Å². The largest absolute Gasteiger partial charge is 0.497 e. The average molecular weight is 467 g/mol. The Kier molecular flexibility index (Phi) is 7.63. The molecule has 0 bridgehead atoms. The van der Waals surface area contributed by atoms with Gasteiger partial charge in [0.25, 0.3) is 0 Å². The number of nitrogens with one attached hydrogen (secondary N) is 1. The Bertz CT molecular complexity index is 1240. The lowest BCUT2D eigenvalue weighted by Gasteiger charge is -2.18. The Morgan fingerprint density at radius 3 is 2.30 bits per heavy atom. The Hall–Kier alpha value is -3.49. The molecule has 0 saturated carbocycles. The molecule has 8 heteroatoms. The molecule has 1 amide bonds. The highest BCUT2D eigenvalue weighted by atomic mass is 32.2. The predicted molar refractivity (Wildman–Crippen MR) is 127 cm³/mol. The number of carbonyl (C=O) groups excluding carboxylic acids is 2. The van der Waals surface area contributed by atoms with Crippen LogP contribution in [0, 0.1) is 5.92 Å². The maximum Gasteiger partial charge on any atom is 0.242 e. The first kappa shape index (κ1) is 24.2. The average Bonchev–Trinajstić information content (AvgIpc) is 2.82. The van der Waals surface area contributed by atoms with E-state index in [1.807, 2.05) is 0 Å². The summed E-state index contributed by atoms with van der Waals surface area (Å²) in [6.07, 6.45) is 0.0420. The number of carbonyl (C=O) groups is 2. The number of methoxy groups -OCH3 is 1. The standard InChI is InChI=1S/C25H26N2O5S/c1-27(2)33(30,31)22-14-7-9-18(15-22)16-23(24(28)19-10-5-4-6-11-19)25(29)26-20-12-8-13-21(17-20)32-3/h4-15,17,23H,16H2,1-3H3,(H,26,29)/t23-/m1/s1. The molecular formula is C25H26N2O5S. The van der Waals surface area contributed by atoms with Gasteiger partial charge in [0.2, 0.25) is 15.9 Å². The van der Waals surface area contributed by atoms with Crippen molar-refractivity contribution >= 4 is 27.4 Å². The zero-order chi connectivity index (χ0) is 24.0. The summed E-state index contributed by atoms with van der Waals surface area (Å²) in [7, 11) is 0.775. The number of ether oxygens (including phenoxy) is 1. The van der Waals surface area contributed by atoms with Crippen LogP contribution in [0.5, 0.6) is 5.75 Å². The van der Waals surface area contributed by atoms with E-state index in [1.165, 1.54) is 33.3 Å². The molecule has 0 aliphatic heterocycles. The van der Waals surface area contributed by atoms with Gasteiger partial charge in [-0.05, 0) is 36.2 Å². The van der Waals surface area contributed by atoms with E-state index in [0.717, 1.165) is 4.31 Å². The second-order valence-corrected chi connectivity index (χ2v) is 9.79. The number of Topliss-reactive ketones (excluding diaryl/α,β-unsaturated/α-hetero) is 1. The van der Waals surface area contributed by atoms with Crippen LogP contribution >= 0.6 is 0 Å². The van der Waals surface area contributed by atoms with Gasteiger partial charge in [-0.1, -0.05) is 48.5 Å². The monoisotopic (exact) mass is 466 g/mol. The van der Waals surface area contributed by atoms with Crippen molar-refractivity contribution in [2.75, 3.05) is 26.5 Å². The summed E-state index contributed by atoms with van der Waals surface area (Å²) in [5.41, 5.74) is 1.46. The van der Waals surface area contributed by atoms with Crippen molar-refractivity contribution in [3.8, 4) is 5.75 Å². The Balaban J connectivity index is 1.94. The first-order chi connectivity index (χ1) is 15.7. The highest BCUT2D eigenvalue weighted by molar-refractivity contribution is 7.89. The smallest absolute Gasteiger partial charge is 0.242 e. The third-order valence-corrected chi connectivity index (χ3v) is 6.96. The van der Waals surface area contributed by atoms with Crippen LogP contribution in [0.15, 0.2) is 83.8 Å². The van der Waals surface area contributed by atoms with E-state index in [2.05, 4.69) is 5.32 Å². The third-order valence-electron chi connectivity index (χ3n) is 5.15. The van der Waals surface area contributed by atoms with Crippen LogP contribution < -0.4 is 10.1 Å². The maximum atomic E-state index is 13.3. The molecule has 0 aromatic heterocycles. The van der Waals surface area contributed by atoms with E-state index in [9.17, 15) is 18.0 Å². The number of ketones is 1. The number of anilines is 1. The van der Waals surface area contributed by atoms with Crippen molar-refractivity contribution in [3.63, 3.8) is 0 Å². The molecule has 0 aliphatic carbocycles. The van der Waals surface area contributed by atoms with Crippen LogP contribution in [0.1, 0.15) is 15.9 Å². The second-order valence-electron chi connectivity index (χ2n) is 7.64. The molecule has 0 spiro atoms. The highest BCUT2D eigenvalue weighted by Gasteiger charge is 2.29. The molecule has 33 heavy (non-hydrogen) atoms. The third kappa shape index (κ3) is 5.85. The molecule has 0 aliphatic rings. The topological polar surface area (TPSA) is 92.8 Å². The Labute approximate surface area is 194 Å². The summed E-state index contributed by atoms with van der Waals surface area (Å²) in [5.74, 6) is -1.33. The van der Waals surface area contributed by atoms with Gasteiger partial charge in [0, 0.05) is 31.4 Å². The molecule has 0 radical (unpaired) electrons. The quantitative estimate of drug-likeness (QED) is 0.384. The fourth-order valence-corrected chi connectivity index (χ4v) is 4.29. The van der Waals surface area contributed by atoms with Gasteiger partial charge in [0.1, 0.15) is 11.7 Å². The van der Waals surface area contributed by atoms with Crippen LogP contribution in [0.25, 0.3) is 0 Å². The zero-order valence-corrected chi connectivity index (χ0v) is 19.5. The maximum absolute atomic E-state index is 13.3. The number of benzene rings is 3. The van der Waals surface area contributed by atoms with Crippen molar-refractivity contribution in [3.05, 3.63) is 90.0 Å². The highest BCUT2D eigenvalue weighted by Crippen LogP contribution is 2.22. The number of hydrogen-bond acceptors (Lipinski definition) is 5. The van der Waals surface area contributed by atoms with Crippen molar-refractivity contribution in [1.29, 1.82) is 0 Å². The van der Waals surface area contributed by atoms with Crippen molar-refractivity contribution < 1.29 is 22.7 Å². The molecule has 172 valence electrons. The molecule has 3 rings (SSSR count). The van der Waals surface area contributed by atoms with E-state index in [4.69, 9.17) is 4.74 Å².